The quantitative estimate of drug-likeness (QED) is 0.775. The van der Waals surface area contributed by atoms with Crippen LogP contribution in [0.5, 0.6) is 0 Å². The third kappa shape index (κ3) is 2.96. The molecule has 0 spiro atoms. The lowest BCUT2D eigenvalue weighted by Crippen LogP contribution is -2.22. The van der Waals surface area contributed by atoms with Crippen LogP contribution < -0.4 is 5.73 Å². The molecule has 2 aromatic carbocycles. The lowest BCUT2D eigenvalue weighted by atomic mass is 10.0. The summed E-state index contributed by atoms with van der Waals surface area (Å²) in [5.41, 5.74) is 8.16. The number of nitrogens with two attached hydrogens (primary N) is 1. The zero-order valence-electron chi connectivity index (χ0n) is 13.2. The van der Waals surface area contributed by atoms with Crippen molar-refractivity contribution in [1.82, 2.24) is 9.29 Å². The molecule has 0 saturated heterocycles. The molecule has 7 heteroatoms. The first-order valence-electron chi connectivity index (χ1n) is 7.18. The number of nitrogen functional groups attached to an aromatic ring is 1. The van der Waals surface area contributed by atoms with Crippen LogP contribution in [0.1, 0.15) is 0 Å². The van der Waals surface area contributed by atoms with Crippen molar-refractivity contribution in [3.8, 4) is 11.1 Å². The normalized spacial score (nSPS) is 12.0. The van der Waals surface area contributed by atoms with E-state index in [0.29, 0.717) is 22.0 Å². The van der Waals surface area contributed by atoms with Crippen LogP contribution in [0, 0.1) is 0 Å². The SMILES string of the molecule is CN(C)S(=O)(=O)c1cccc(-c2cc3cc(Cl)ccc3nc2N)c1. The third-order valence-corrected chi connectivity index (χ3v) is 5.78. The standard InChI is InChI=1S/C17H16ClN3O2S/c1-21(2)24(22,23)14-5-3-4-11(9-14)15-10-12-8-13(18)6-7-16(12)20-17(15)19/h3-10H,1-2H3,(H2,19,20). The molecule has 2 N–H and O–H groups in total. The van der Waals surface area contributed by atoms with Gasteiger partial charge in [0.15, 0.2) is 0 Å². The minimum absolute atomic E-state index is 0.204. The maximum absolute atomic E-state index is 12.3. The van der Waals surface area contributed by atoms with Crippen LogP contribution in [0.4, 0.5) is 5.82 Å². The van der Waals surface area contributed by atoms with Gasteiger partial charge in [-0.15, -0.1) is 0 Å². The predicted octanol–water partition coefficient (Wildman–Crippen LogP) is 3.39. The number of pyridine rings is 1. The van der Waals surface area contributed by atoms with E-state index in [1.165, 1.54) is 18.4 Å². The number of fused-ring (bicyclic) bond motifs is 1. The van der Waals surface area contributed by atoms with Crippen molar-refractivity contribution in [2.24, 2.45) is 0 Å². The lowest BCUT2D eigenvalue weighted by molar-refractivity contribution is 0.521. The largest absolute Gasteiger partial charge is 0.383 e. The maximum atomic E-state index is 12.3. The predicted molar refractivity (Wildman–Crippen MR) is 97.5 cm³/mol. The van der Waals surface area contributed by atoms with Gasteiger partial charge in [-0.1, -0.05) is 23.7 Å². The van der Waals surface area contributed by atoms with Gasteiger partial charge in [0.1, 0.15) is 5.82 Å². The molecule has 0 aliphatic rings. The number of benzene rings is 2. The Labute approximate surface area is 145 Å². The average Bonchev–Trinajstić information content (AvgIpc) is 2.54. The van der Waals surface area contributed by atoms with Crippen LogP contribution in [-0.4, -0.2) is 31.8 Å². The van der Waals surface area contributed by atoms with E-state index in [2.05, 4.69) is 4.98 Å². The number of halogens is 1. The summed E-state index contributed by atoms with van der Waals surface area (Å²) in [5.74, 6) is 0.337. The molecule has 0 aliphatic carbocycles. The molecule has 0 unspecified atom stereocenters. The molecule has 1 aromatic heterocycles. The summed E-state index contributed by atoms with van der Waals surface area (Å²) in [5, 5.41) is 1.44. The summed E-state index contributed by atoms with van der Waals surface area (Å²) >= 11 is 6.03. The van der Waals surface area contributed by atoms with Crippen molar-refractivity contribution < 1.29 is 8.42 Å². The van der Waals surface area contributed by atoms with Gasteiger partial charge >= 0.3 is 0 Å². The average molecular weight is 362 g/mol. The summed E-state index contributed by atoms with van der Waals surface area (Å²) in [6, 6.07) is 13.9. The first-order valence-corrected chi connectivity index (χ1v) is 8.99. The molecule has 0 atom stereocenters. The Morgan fingerprint density at radius 2 is 1.83 bits per heavy atom. The molecule has 3 rings (SSSR count). The van der Waals surface area contributed by atoms with Crippen molar-refractivity contribution in [2.75, 3.05) is 19.8 Å². The monoisotopic (exact) mass is 361 g/mol. The summed E-state index contributed by atoms with van der Waals surface area (Å²) in [6.45, 7) is 0. The van der Waals surface area contributed by atoms with E-state index in [4.69, 9.17) is 17.3 Å². The number of hydrogen-bond acceptors (Lipinski definition) is 4. The first kappa shape index (κ1) is 16.7. The Bertz CT molecular complexity index is 1030. The number of rotatable bonds is 3. The van der Waals surface area contributed by atoms with Crippen LogP contribution in [0.15, 0.2) is 53.4 Å². The van der Waals surface area contributed by atoms with Gasteiger partial charge in [-0.05, 0) is 42.0 Å². The van der Waals surface area contributed by atoms with Gasteiger partial charge in [0.05, 0.1) is 10.4 Å². The highest BCUT2D eigenvalue weighted by Crippen LogP contribution is 2.31. The molecule has 0 fully saturated rings. The van der Waals surface area contributed by atoms with Crippen LogP contribution in [0.3, 0.4) is 0 Å². The van der Waals surface area contributed by atoms with Crippen molar-refractivity contribution in [3.63, 3.8) is 0 Å². The van der Waals surface area contributed by atoms with E-state index in [9.17, 15) is 8.42 Å². The van der Waals surface area contributed by atoms with Crippen LogP contribution >= 0.6 is 11.6 Å². The number of aromatic nitrogens is 1. The maximum Gasteiger partial charge on any atom is 0.242 e. The fourth-order valence-electron chi connectivity index (χ4n) is 2.43. The second kappa shape index (κ2) is 6.05. The molecule has 24 heavy (non-hydrogen) atoms. The highest BCUT2D eigenvalue weighted by molar-refractivity contribution is 7.89. The van der Waals surface area contributed by atoms with Gasteiger partial charge in [0.25, 0.3) is 0 Å². The minimum atomic E-state index is -3.52. The molecular formula is C17H16ClN3O2S. The highest BCUT2D eigenvalue weighted by atomic mass is 35.5. The lowest BCUT2D eigenvalue weighted by Gasteiger charge is -2.13. The molecule has 0 aliphatic heterocycles. The van der Waals surface area contributed by atoms with E-state index in [1.807, 2.05) is 6.07 Å². The van der Waals surface area contributed by atoms with E-state index in [0.717, 1.165) is 10.9 Å². The van der Waals surface area contributed by atoms with E-state index in [-0.39, 0.29) is 4.90 Å². The zero-order chi connectivity index (χ0) is 17.5. The number of hydrogen-bond donors (Lipinski definition) is 1. The van der Waals surface area contributed by atoms with Crippen molar-refractivity contribution in [2.45, 2.75) is 4.90 Å². The van der Waals surface area contributed by atoms with Gasteiger partial charge in [-0.2, -0.15) is 0 Å². The molecule has 3 aromatic rings. The second-order valence-electron chi connectivity index (χ2n) is 5.57. The Balaban J connectivity index is 2.19. The fraction of sp³-hybridized carbons (Fsp3) is 0.118. The second-order valence-corrected chi connectivity index (χ2v) is 8.16. The molecule has 0 saturated carbocycles. The third-order valence-electron chi connectivity index (χ3n) is 3.73. The van der Waals surface area contributed by atoms with E-state index in [1.54, 1.807) is 42.5 Å². The number of sulfonamides is 1. The van der Waals surface area contributed by atoms with Crippen LogP contribution in [-0.2, 0) is 10.0 Å². The molecule has 5 nitrogen and oxygen atoms in total. The zero-order valence-corrected chi connectivity index (χ0v) is 14.8. The van der Waals surface area contributed by atoms with Crippen molar-refractivity contribution in [3.05, 3.63) is 53.6 Å². The molecule has 124 valence electrons. The van der Waals surface area contributed by atoms with Gasteiger partial charge < -0.3 is 5.73 Å². The molecule has 0 amide bonds. The van der Waals surface area contributed by atoms with Crippen LogP contribution in [0.25, 0.3) is 22.0 Å². The smallest absolute Gasteiger partial charge is 0.242 e. The molecule has 1 heterocycles. The topological polar surface area (TPSA) is 76.3 Å². The summed E-state index contributed by atoms with van der Waals surface area (Å²) in [6.07, 6.45) is 0. The van der Waals surface area contributed by atoms with Crippen LogP contribution in [0.2, 0.25) is 5.02 Å². The van der Waals surface area contributed by atoms with Gasteiger partial charge in [-0.25, -0.2) is 17.7 Å². The van der Waals surface area contributed by atoms with Gasteiger partial charge in [0.2, 0.25) is 10.0 Å². The molecule has 0 radical (unpaired) electrons. The summed E-state index contributed by atoms with van der Waals surface area (Å²) < 4.78 is 25.8. The Morgan fingerprint density at radius 3 is 2.54 bits per heavy atom. The van der Waals surface area contributed by atoms with Crippen molar-refractivity contribution >= 4 is 38.3 Å². The van der Waals surface area contributed by atoms with E-state index < -0.39 is 10.0 Å². The van der Waals surface area contributed by atoms with Crippen molar-refractivity contribution in [1.29, 1.82) is 0 Å². The van der Waals surface area contributed by atoms with E-state index >= 15 is 0 Å². The Kier molecular flexibility index (Phi) is 4.21. The number of nitrogens with zero attached hydrogens (tertiary/aromatic N) is 2. The van der Waals surface area contributed by atoms with Gasteiger partial charge in [-0.3, -0.25) is 0 Å². The molecule has 0 bridgehead atoms. The Morgan fingerprint density at radius 1 is 1.08 bits per heavy atom. The summed E-state index contributed by atoms with van der Waals surface area (Å²) in [4.78, 5) is 4.58. The molecular weight excluding hydrogens is 346 g/mol. The fourth-order valence-corrected chi connectivity index (χ4v) is 3.56. The first-order chi connectivity index (χ1) is 11.3. The number of anilines is 1. The Hall–Kier alpha value is -2.15. The minimum Gasteiger partial charge on any atom is -0.383 e. The summed E-state index contributed by atoms with van der Waals surface area (Å²) in [7, 11) is -0.527. The highest BCUT2D eigenvalue weighted by Gasteiger charge is 2.18. The van der Waals surface area contributed by atoms with Gasteiger partial charge in [0, 0.05) is 30.1 Å².